The summed E-state index contributed by atoms with van der Waals surface area (Å²) in [5.74, 6) is -1.60. The van der Waals surface area contributed by atoms with Crippen molar-refractivity contribution in [3.63, 3.8) is 0 Å². The molecule has 4 aliphatic rings. The summed E-state index contributed by atoms with van der Waals surface area (Å²) in [4.78, 5) is 67.8. The third-order valence-corrected chi connectivity index (χ3v) is 14.0. The number of alkyl carbamates (subject to hydrolysis) is 1. The zero-order chi connectivity index (χ0) is 44.4. The molecule has 1 saturated heterocycles. The van der Waals surface area contributed by atoms with E-state index in [4.69, 9.17) is 24.2 Å². The Hall–Kier alpha value is -4.97. The minimum atomic E-state index is -3.96. The van der Waals surface area contributed by atoms with Crippen molar-refractivity contribution >= 4 is 61.2 Å². The zero-order valence-corrected chi connectivity index (χ0v) is 38.0. The number of amides is 4. The van der Waals surface area contributed by atoms with Gasteiger partial charge in [-0.1, -0.05) is 39.3 Å². The van der Waals surface area contributed by atoms with Crippen LogP contribution in [-0.4, -0.2) is 102 Å². The van der Waals surface area contributed by atoms with Gasteiger partial charge in [0.05, 0.1) is 30.6 Å². The van der Waals surface area contributed by atoms with Gasteiger partial charge in [0.25, 0.3) is 5.91 Å². The molecule has 336 valence electrons. The van der Waals surface area contributed by atoms with Gasteiger partial charge in [0, 0.05) is 41.3 Å². The van der Waals surface area contributed by atoms with E-state index in [2.05, 4.69) is 20.7 Å². The maximum Gasteiger partial charge on any atom is 0.408 e. The van der Waals surface area contributed by atoms with Gasteiger partial charge >= 0.3 is 6.09 Å². The predicted octanol–water partition coefficient (Wildman–Crippen LogP) is 6.07. The van der Waals surface area contributed by atoms with E-state index in [1.54, 1.807) is 25.3 Å². The maximum atomic E-state index is 14.9. The zero-order valence-electron chi connectivity index (χ0n) is 36.3. The van der Waals surface area contributed by atoms with Crippen molar-refractivity contribution in [1.29, 1.82) is 0 Å². The lowest BCUT2D eigenvalue weighted by molar-refractivity contribution is -0.143. The largest absolute Gasteiger partial charge is 0.497 e. The standard InChI is InChI=1S/C44H59N7O9S2/c1-26(2)45-41-47-34(25-61-41)33-22-36(31-18-17-29(58-6)20-32(31)46-33)59-30-21-35(51(24-30)39(53)37(43(3,4)5)48-42(55)60-28-15-11-12-16-28)38(52)49-44-23-27(44)14-10-8-7-9-13-19-62(56,57)50-40(44)54/h10,14,17-18,20,22,25-28,30,35,37H,7-9,11-13,15-16,19,21,23-24H2,1-6H3,(H,45,47)(H,48,55)(H,49,52)(H,50,54)/b14-10-/t27-,30-,35?,37-,44-/m1/s1. The highest BCUT2D eigenvalue weighted by atomic mass is 32.2. The third-order valence-electron chi connectivity index (χ3n) is 11.9. The minimum Gasteiger partial charge on any atom is -0.497 e. The van der Waals surface area contributed by atoms with E-state index in [0.717, 1.165) is 37.2 Å². The van der Waals surface area contributed by atoms with Crippen LogP contribution >= 0.6 is 11.3 Å². The van der Waals surface area contributed by atoms with Gasteiger partial charge in [-0.3, -0.25) is 19.1 Å². The molecule has 7 rings (SSSR count). The van der Waals surface area contributed by atoms with Gasteiger partial charge in [0.15, 0.2) is 5.13 Å². The summed E-state index contributed by atoms with van der Waals surface area (Å²) in [5.41, 5.74) is -0.600. The second-order valence-corrected chi connectivity index (χ2v) is 21.0. The molecule has 1 unspecified atom stereocenters. The number of thiazole rings is 1. The minimum absolute atomic E-state index is 0.0198. The predicted molar refractivity (Wildman–Crippen MR) is 236 cm³/mol. The second-order valence-electron chi connectivity index (χ2n) is 18.3. The van der Waals surface area contributed by atoms with Gasteiger partial charge < -0.3 is 35.1 Å². The van der Waals surface area contributed by atoms with Gasteiger partial charge in [0.1, 0.15) is 47.0 Å². The van der Waals surface area contributed by atoms with Crippen LogP contribution in [0.4, 0.5) is 9.93 Å². The molecule has 4 amide bonds. The quantitative estimate of drug-likeness (QED) is 0.162. The number of likely N-dealkylation sites (tertiary alicyclic amines) is 1. The molecule has 5 atom stereocenters. The van der Waals surface area contributed by atoms with Crippen LogP contribution in [-0.2, 0) is 29.1 Å². The molecule has 4 heterocycles. The number of nitrogens with one attached hydrogen (secondary N) is 4. The first-order valence-electron chi connectivity index (χ1n) is 21.6. The molecule has 2 aromatic heterocycles. The highest BCUT2D eigenvalue weighted by molar-refractivity contribution is 7.90. The topological polar surface area (TPSA) is 207 Å². The molecular weight excluding hydrogens is 835 g/mol. The number of ether oxygens (including phenoxy) is 3. The Morgan fingerprint density at radius 2 is 1.79 bits per heavy atom. The molecule has 0 bridgehead atoms. The van der Waals surface area contributed by atoms with E-state index in [1.165, 1.54) is 16.2 Å². The summed E-state index contributed by atoms with van der Waals surface area (Å²) in [5, 5.41) is 12.4. The Balaban J connectivity index is 1.22. The van der Waals surface area contributed by atoms with E-state index in [-0.39, 0.29) is 37.3 Å². The number of anilines is 1. The molecule has 4 N–H and O–H groups in total. The molecule has 1 aromatic carbocycles. The summed E-state index contributed by atoms with van der Waals surface area (Å²) in [6, 6.07) is 5.12. The first-order valence-corrected chi connectivity index (χ1v) is 24.2. The number of carbonyl (C=O) groups excluding carboxylic acids is 4. The van der Waals surface area contributed by atoms with Gasteiger partial charge in [-0.25, -0.2) is 23.2 Å². The molecule has 62 heavy (non-hydrogen) atoms. The number of hydrogen-bond acceptors (Lipinski definition) is 13. The highest BCUT2D eigenvalue weighted by Gasteiger charge is 2.61. The number of carbonyl (C=O) groups is 4. The lowest BCUT2D eigenvalue weighted by Crippen LogP contribution is -2.60. The number of benzene rings is 1. The Morgan fingerprint density at radius 1 is 1.02 bits per heavy atom. The van der Waals surface area contributed by atoms with E-state index in [1.807, 2.05) is 58.2 Å². The van der Waals surface area contributed by atoms with E-state index >= 15 is 0 Å². The summed E-state index contributed by atoms with van der Waals surface area (Å²) in [6.45, 7) is 9.47. The summed E-state index contributed by atoms with van der Waals surface area (Å²) < 4.78 is 46.1. The summed E-state index contributed by atoms with van der Waals surface area (Å²) >= 11 is 1.45. The SMILES string of the molecule is COc1ccc2c(O[C@@H]3CC(C(=O)N[C@]45C[C@H]4/C=C\CCCCCS(=O)(=O)NC5=O)N(C(=O)[C@@H](NC(=O)OC4CCCC4)C(C)(C)C)C3)cc(-c3csc(NC(C)C)n3)nc2c1. The van der Waals surface area contributed by atoms with Crippen LogP contribution in [0.15, 0.2) is 41.8 Å². The Bertz CT molecular complexity index is 2300. The fourth-order valence-corrected chi connectivity index (χ4v) is 10.5. The monoisotopic (exact) mass is 893 g/mol. The van der Waals surface area contributed by atoms with E-state index < -0.39 is 68.9 Å². The molecule has 16 nitrogen and oxygen atoms in total. The van der Waals surface area contributed by atoms with Crippen molar-refractivity contribution in [2.45, 2.75) is 135 Å². The number of pyridine rings is 1. The number of sulfonamides is 1. The first kappa shape index (κ1) is 45.1. The fourth-order valence-electron chi connectivity index (χ4n) is 8.47. The van der Waals surface area contributed by atoms with Crippen LogP contribution in [0.25, 0.3) is 22.3 Å². The number of allylic oxidation sites excluding steroid dienone is 1. The van der Waals surface area contributed by atoms with Crippen molar-refractivity contribution in [3.05, 3.63) is 41.8 Å². The molecule has 0 radical (unpaired) electrons. The average Bonchev–Trinajstić information content (AvgIpc) is 3.64. The lowest BCUT2D eigenvalue weighted by atomic mass is 9.85. The number of fused-ring (bicyclic) bond motifs is 2. The Kier molecular flexibility index (Phi) is 13.4. The molecule has 2 aliphatic heterocycles. The molecule has 0 spiro atoms. The summed E-state index contributed by atoms with van der Waals surface area (Å²) in [7, 11) is -2.39. The lowest BCUT2D eigenvalue weighted by Gasteiger charge is -2.35. The van der Waals surface area contributed by atoms with Gasteiger partial charge in [-0.05, 0) is 82.8 Å². The molecule has 3 aromatic rings. The third kappa shape index (κ3) is 10.4. The molecule has 2 aliphatic carbocycles. The number of rotatable bonds is 11. The summed E-state index contributed by atoms with van der Waals surface area (Å²) in [6.07, 6.45) is 8.37. The van der Waals surface area contributed by atoms with Crippen molar-refractivity contribution < 1.29 is 41.8 Å². The van der Waals surface area contributed by atoms with Crippen LogP contribution in [0.1, 0.15) is 98.8 Å². The van der Waals surface area contributed by atoms with Crippen molar-refractivity contribution in [3.8, 4) is 22.9 Å². The molecular formula is C44H59N7O9S2. The van der Waals surface area contributed by atoms with Gasteiger partial charge in [0.2, 0.25) is 21.8 Å². The van der Waals surface area contributed by atoms with Crippen molar-refractivity contribution in [2.75, 3.05) is 24.7 Å². The van der Waals surface area contributed by atoms with Crippen LogP contribution in [0, 0.1) is 11.3 Å². The Labute approximate surface area is 367 Å². The van der Waals surface area contributed by atoms with Crippen LogP contribution in [0.3, 0.4) is 0 Å². The van der Waals surface area contributed by atoms with Crippen molar-refractivity contribution in [1.82, 2.24) is 30.2 Å². The Morgan fingerprint density at radius 3 is 2.52 bits per heavy atom. The van der Waals surface area contributed by atoms with Crippen LogP contribution in [0.2, 0.25) is 0 Å². The van der Waals surface area contributed by atoms with Crippen LogP contribution < -0.4 is 30.1 Å². The first-order chi connectivity index (χ1) is 29.4. The highest BCUT2D eigenvalue weighted by Crippen LogP contribution is 2.46. The molecule has 2 saturated carbocycles. The van der Waals surface area contributed by atoms with Gasteiger partial charge in [-0.15, -0.1) is 11.3 Å². The fraction of sp³-hybridized carbons (Fsp3) is 0.591. The number of methoxy groups -OCH3 is 1. The van der Waals surface area contributed by atoms with Crippen molar-refractivity contribution in [2.24, 2.45) is 11.3 Å². The average molecular weight is 894 g/mol. The number of nitrogens with zero attached hydrogens (tertiary/aromatic N) is 3. The normalized spacial score (nSPS) is 25.1. The van der Waals surface area contributed by atoms with Crippen LogP contribution in [0.5, 0.6) is 11.5 Å². The maximum absolute atomic E-state index is 14.9. The molecule has 3 fully saturated rings. The van der Waals surface area contributed by atoms with E-state index in [0.29, 0.717) is 53.1 Å². The number of hydrogen-bond donors (Lipinski definition) is 4. The smallest absolute Gasteiger partial charge is 0.408 e. The van der Waals surface area contributed by atoms with E-state index in [9.17, 15) is 27.6 Å². The molecule has 18 heteroatoms. The second kappa shape index (κ2) is 18.4. The number of aromatic nitrogens is 2. The van der Waals surface area contributed by atoms with Gasteiger partial charge in [-0.2, -0.15) is 0 Å².